The SMILES string of the molecule is O=C(c1cccc(Cl)c1)c1ccn(-c2ccccc2)n1. The molecule has 1 aromatic heterocycles. The highest BCUT2D eigenvalue weighted by atomic mass is 35.5. The normalized spacial score (nSPS) is 10.4. The number of carbonyl (C=O) groups is 1. The minimum atomic E-state index is -0.137. The molecule has 0 unspecified atom stereocenters. The number of nitrogens with zero attached hydrogens (tertiary/aromatic N) is 2. The topological polar surface area (TPSA) is 34.9 Å². The van der Waals surface area contributed by atoms with Crippen LogP contribution in [0.2, 0.25) is 5.02 Å². The van der Waals surface area contributed by atoms with E-state index in [9.17, 15) is 4.79 Å². The van der Waals surface area contributed by atoms with Gasteiger partial charge in [-0.25, -0.2) is 4.68 Å². The van der Waals surface area contributed by atoms with Crippen LogP contribution in [0.4, 0.5) is 0 Å². The van der Waals surface area contributed by atoms with Gasteiger partial charge in [-0.1, -0.05) is 41.9 Å². The smallest absolute Gasteiger partial charge is 0.213 e. The van der Waals surface area contributed by atoms with Crippen LogP contribution in [0.15, 0.2) is 66.9 Å². The number of rotatable bonds is 3. The molecule has 0 saturated heterocycles. The molecule has 0 atom stereocenters. The number of benzene rings is 2. The molecule has 2 aromatic carbocycles. The molecule has 0 N–H and O–H groups in total. The van der Waals surface area contributed by atoms with Crippen molar-refractivity contribution in [2.45, 2.75) is 0 Å². The molecule has 98 valence electrons. The zero-order chi connectivity index (χ0) is 13.9. The summed E-state index contributed by atoms with van der Waals surface area (Å²) in [5.74, 6) is -0.137. The van der Waals surface area contributed by atoms with E-state index in [-0.39, 0.29) is 5.78 Å². The van der Waals surface area contributed by atoms with Gasteiger partial charge in [0.05, 0.1) is 5.69 Å². The first-order valence-electron chi connectivity index (χ1n) is 6.15. The lowest BCUT2D eigenvalue weighted by atomic mass is 10.1. The van der Waals surface area contributed by atoms with Crippen molar-refractivity contribution in [1.82, 2.24) is 9.78 Å². The van der Waals surface area contributed by atoms with Crippen LogP contribution in [0, 0.1) is 0 Å². The molecule has 0 radical (unpaired) electrons. The predicted octanol–water partition coefficient (Wildman–Crippen LogP) is 3.76. The Morgan fingerprint density at radius 2 is 1.80 bits per heavy atom. The van der Waals surface area contributed by atoms with E-state index in [2.05, 4.69) is 5.10 Å². The number of ketones is 1. The molecule has 0 fully saturated rings. The van der Waals surface area contributed by atoms with E-state index in [1.165, 1.54) is 0 Å². The maximum atomic E-state index is 12.3. The van der Waals surface area contributed by atoms with E-state index >= 15 is 0 Å². The highest BCUT2D eigenvalue weighted by Gasteiger charge is 2.13. The maximum absolute atomic E-state index is 12.3. The fourth-order valence-corrected chi connectivity index (χ4v) is 2.14. The lowest BCUT2D eigenvalue weighted by Gasteiger charge is -2.00. The summed E-state index contributed by atoms with van der Waals surface area (Å²) < 4.78 is 1.68. The van der Waals surface area contributed by atoms with Crippen molar-refractivity contribution in [1.29, 1.82) is 0 Å². The molecule has 0 amide bonds. The van der Waals surface area contributed by atoms with Crippen molar-refractivity contribution in [3.8, 4) is 5.69 Å². The largest absolute Gasteiger partial charge is 0.287 e. The number of halogens is 1. The second kappa shape index (κ2) is 5.31. The van der Waals surface area contributed by atoms with Gasteiger partial charge in [-0.2, -0.15) is 5.10 Å². The summed E-state index contributed by atoms with van der Waals surface area (Å²) in [5, 5.41) is 4.85. The molecular weight excluding hydrogens is 272 g/mol. The molecule has 0 aliphatic carbocycles. The number of para-hydroxylation sites is 1. The van der Waals surface area contributed by atoms with E-state index in [1.54, 1.807) is 41.2 Å². The van der Waals surface area contributed by atoms with Gasteiger partial charge in [-0.15, -0.1) is 0 Å². The molecular formula is C16H11ClN2O. The van der Waals surface area contributed by atoms with Gasteiger partial charge in [0, 0.05) is 16.8 Å². The standard InChI is InChI=1S/C16H11ClN2O/c17-13-6-4-5-12(11-13)16(20)15-9-10-19(18-15)14-7-2-1-3-8-14/h1-11H. The maximum Gasteiger partial charge on any atom is 0.213 e. The first-order chi connectivity index (χ1) is 9.74. The molecule has 1 heterocycles. The summed E-state index contributed by atoms with van der Waals surface area (Å²) in [6, 6.07) is 18.2. The minimum absolute atomic E-state index is 0.137. The Kier molecular flexibility index (Phi) is 3.35. The van der Waals surface area contributed by atoms with Crippen LogP contribution in [0.5, 0.6) is 0 Å². The minimum Gasteiger partial charge on any atom is -0.287 e. The molecule has 0 bridgehead atoms. The molecule has 4 heteroatoms. The lowest BCUT2D eigenvalue weighted by molar-refractivity contribution is 0.103. The molecule has 3 nitrogen and oxygen atoms in total. The number of aromatic nitrogens is 2. The van der Waals surface area contributed by atoms with Crippen molar-refractivity contribution in [3.63, 3.8) is 0 Å². The zero-order valence-corrected chi connectivity index (χ0v) is 11.3. The van der Waals surface area contributed by atoms with Gasteiger partial charge in [0.1, 0.15) is 5.69 Å². The Labute approximate surface area is 121 Å². The summed E-state index contributed by atoms with van der Waals surface area (Å²) in [6.45, 7) is 0. The Morgan fingerprint density at radius 3 is 2.55 bits per heavy atom. The van der Waals surface area contributed by atoms with Crippen LogP contribution in [0.25, 0.3) is 5.69 Å². The van der Waals surface area contributed by atoms with E-state index in [4.69, 9.17) is 11.6 Å². The van der Waals surface area contributed by atoms with Crippen molar-refractivity contribution in [2.24, 2.45) is 0 Å². The second-order valence-electron chi connectivity index (χ2n) is 4.32. The zero-order valence-electron chi connectivity index (χ0n) is 10.5. The fraction of sp³-hybridized carbons (Fsp3) is 0. The lowest BCUT2D eigenvalue weighted by Crippen LogP contribution is -2.04. The van der Waals surface area contributed by atoms with Crippen molar-refractivity contribution < 1.29 is 4.79 Å². The van der Waals surface area contributed by atoms with Gasteiger partial charge < -0.3 is 0 Å². The van der Waals surface area contributed by atoms with E-state index in [1.807, 2.05) is 30.3 Å². The van der Waals surface area contributed by atoms with Crippen LogP contribution >= 0.6 is 11.6 Å². The summed E-state index contributed by atoms with van der Waals surface area (Å²) in [6.07, 6.45) is 1.77. The highest BCUT2D eigenvalue weighted by Crippen LogP contribution is 2.15. The Balaban J connectivity index is 1.93. The third-order valence-corrected chi connectivity index (χ3v) is 3.16. The monoisotopic (exact) mass is 282 g/mol. The van der Waals surface area contributed by atoms with E-state index < -0.39 is 0 Å². The predicted molar refractivity (Wildman–Crippen MR) is 78.4 cm³/mol. The van der Waals surface area contributed by atoms with Gasteiger partial charge in [0.2, 0.25) is 5.78 Å². The van der Waals surface area contributed by atoms with Crippen LogP contribution < -0.4 is 0 Å². The van der Waals surface area contributed by atoms with E-state index in [0.29, 0.717) is 16.3 Å². The summed E-state index contributed by atoms with van der Waals surface area (Å²) in [5.41, 5.74) is 1.85. The average molecular weight is 283 g/mol. The van der Waals surface area contributed by atoms with Crippen LogP contribution in [-0.4, -0.2) is 15.6 Å². The van der Waals surface area contributed by atoms with Gasteiger partial charge >= 0.3 is 0 Å². The van der Waals surface area contributed by atoms with Gasteiger partial charge in [0.25, 0.3) is 0 Å². The highest BCUT2D eigenvalue weighted by molar-refractivity contribution is 6.31. The van der Waals surface area contributed by atoms with Crippen molar-refractivity contribution >= 4 is 17.4 Å². The molecule has 0 spiro atoms. The van der Waals surface area contributed by atoms with Crippen LogP contribution in [-0.2, 0) is 0 Å². The van der Waals surface area contributed by atoms with Gasteiger partial charge in [-0.05, 0) is 30.3 Å². The molecule has 0 aliphatic heterocycles. The summed E-state index contributed by atoms with van der Waals surface area (Å²) >= 11 is 5.90. The van der Waals surface area contributed by atoms with Crippen LogP contribution in [0.3, 0.4) is 0 Å². The summed E-state index contributed by atoms with van der Waals surface area (Å²) in [4.78, 5) is 12.3. The first kappa shape index (κ1) is 12.6. The van der Waals surface area contributed by atoms with Crippen molar-refractivity contribution in [3.05, 3.63) is 83.1 Å². The van der Waals surface area contributed by atoms with Gasteiger partial charge in [0.15, 0.2) is 0 Å². The Morgan fingerprint density at radius 1 is 1.00 bits per heavy atom. The Hall–Kier alpha value is -2.39. The van der Waals surface area contributed by atoms with Crippen LogP contribution in [0.1, 0.15) is 16.1 Å². The molecule has 0 aliphatic rings. The second-order valence-corrected chi connectivity index (χ2v) is 4.76. The third kappa shape index (κ3) is 2.49. The average Bonchev–Trinajstić information content (AvgIpc) is 2.97. The number of hydrogen-bond acceptors (Lipinski definition) is 2. The molecule has 0 saturated carbocycles. The molecule has 20 heavy (non-hydrogen) atoms. The number of carbonyl (C=O) groups excluding carboxylic acids is 1. The number of hydrogen-bond donors (Lipinski definition) is 0. The Bertz CT molecular complexity index is 750. The molecule has 3 rings (SSSR count). The molecule has 3 aromatic rings. The summed E-state index contributed by atoms with van der Waals surface area (Å²) in [7, 11) is 0. The first-order valence-corrected chi connectivity index (χ1v) is 6.53. The fourth-order valence-electron chi connectivity index (χ4n) is 1.95. The van der Waals surface area contributed by atoms with Gasteiger partial charge in [-0.3, -0.25) is 4.79 Å². The third-order valence-electron chi connectivity index (χ3n) is 2.93. The van der Waals surface area contributed by atoms with E-state index in [0.717, 1.165) is 5.69 Å². The van der Waals surface area contributed by atoms with Crippen molar-refractivity contribution in [2.75, 3.05) is 0 Å². The quantitative estimate of drug-likeness (QED) is 0.686.